The van der Waals surface area contributed by atoms with Crippen LogP contribution in [0, 0.1) is 5.82 Å². The number of oxazole rings is 1. The molecule has 0 fully saturated rings. The monoisotopic (exact) mass is 224 g/mol. The summed E-state index contributed by atoms with van der Waals surface area (Å²) in [6, 6.07) is 3.45. The molecule has 1 aromatic heterocycles. The maximum Gasteiger partial charge on any atom is 0.325 e. The lowest BCUT2D eigenvalue weighted by molar-refractivity contribution is -0.137. The summed E-state index contributed by atoms with van der Waals surface area (Å²) in [5.41, 5.74) is 0.364. The number of fused-ring (bicyclic) bond motifs is 1. The quantitative estimate of drug-likeness (QED) is 0.832. The van der Waals surface area contributed by atoms with Crippen LogP contribution in [0.3, 0.4) is 0 Å². The molecular formula is C10H9FN2O3. The van der Waals surface area contributed by atoms with Gasteiger partial charge in [-0.25, -0.2) is 4.39 Å². The predicted octanol–water partition coefficient (Wildman–Crippen LogP) is 1.85. The Balaban J connectivity index is 2.33. The van der Waals surface area contributed by atoms with Crippen LogP contribution in [-0.4, -0.2) is 22.1 Å². The van der Waals surface area contributed by atoms with Gasteiger partial charge in [-0.3, -0.25) is 4.79 Å². The molecule has 1 heterocycles. The molecule has 0 aliphatic heterocycles. The molecule has 0 saturated carbocycles. The summed E-state index contributed by atoms with van der Waals surface area (Å²) in [5, 5.41) is 11.2. The van der Waals surface area contributed by atoms with Crippen molar-refractivity contribution < 1.29 is 18.7 Å². The molecule has 2 aromatic rings. The molecule has 1 unspecified atom stereocenters. The fourth-order valence-corrected chi connectivity index (χ4v) is 1.22. The molecule has 0 aliphatic carbocycles. The highest BCUT2D eigenvalue weighted by Gasteiger charge is 2.15. The van der Waals surface area contributed by atoms with Gasteiger partial charge >= 0.3 is 5.97 Å². The minimum absolute atomic E-state index is 0.00463. The Labute approximate surface area is 89.9 Å². The SMILES string of the molecule is CC(Nc1nc2c(F)cccc2o1)C(=O)O. The molecule has 0 amide bonds. The van der Waals surface area contributed by atoms with Crippen molar-refractivity contribution in [2.75, 3.05) is 5.32 Å². The molecule has 16 heavy (non-hydrogen) atoms. The average molecular weight is 224 g/mol. The van der Waals surface area contributed by atoms with E-state index in [1.165, 1.54) is 19.1 Å². The van der Waals surface area contributed by atoms with Gasteiger partial charge in [0.1, 0.15) is 11.6 Å². The summed E-state index contributed by atoms with van der Waals surface area (Å²) in [4.78, 5) is 14.4. The van der Waals surface area contributed by atoms with Crippen molar-refractivity contribution in [3.05, 3.63) is 24.0 Å². The average Bonchev–Trinajstić information content (AvgIpc) is 2.61. The predicted molar refractivity (Wildman–Crippen MR) is 54.7 cm³/mol. The smallest absolute Gasteiger partial charge is 0.325 e. The zero-order valence-electron chi connectivity index (χ0n) is 8.40. The highest BCUT2D eigenvalue weighted by molar-refractivity contribution is 5.78. The van der Waals surface area contributed by atoms with E-state index in [0.717, 1.165) is 0 Å². The van der Waals surface area contributed by atoms with Gasteiger partial charge in [0.15, 0.2) is 11.4 Å². The second-order valence-electron chi connectivity index (χ2n) is 3.31. The number of aromatic nitrogens is 1. The summed E-state index contributed by atoms with van der Waals surface area (Å²) < 4.78 is 18.4. The number of para-hydroxylation sites is 1. The van der Waals surface area contributed by atoms with E-state index in [2.05, 4.69) is 10.3 Å². The fourth-order valence-electron chi connectivity index (χ4n) is 1.22. The maximum absolute atomic E-state index is 13.2. The van der Waals surface area contributed by atoms with Crippen LogP contribution in [0.25, 0.3) is 11.1 Å². The van der Waals surface area contributed by atoms with E-state index in [1.54, 1.807) is 6.07 Å². The molecule has 6 heteroatoms. The molecule has 5 nitrogen and oxygen atoms in total. The molecule has 0 spiro atoms. The Kier molecular flexibility index (Phi) is 2.47. The summed E-state index contributed by atoms with van der Waals surface area (Å²) in [6.45, 7) is 1.44. The summed E-state index contributed by atoms with van der Waals surface area (Å²) in [7, 11) is 0. The second-order valence-corrected chi connectivity index (χ2v) is 3.31. The number of aliphatic carboxylic acids is 1. The van der Waals surface area contributed by atoms with Gasteiger partial charge in [-0.1, -0.05) is 6.07 Å². The lowest BCUT2D eigenvalue weighted by Gasteiger charge is -2.04. The van der Waals surface area contributed by atoms with Crippen LogP contribution < -0.4 is 5.32 Å². The van der Waals surface area contributed by atoms with E-state index in [9.17, 15) is 9.18 Å². The second kappa shape index (κ2) is 3.80. The number of anilines is 1. The summed E-state index contributed by atoms with van der Waals surface area (Å²) in [5.74, 6) is -1.54. The van der Waals surface area contributed by atoms with Crippen LogP contribution >= 0.6 is 0 Å². The van der Waals surface area contributed by atoms with E-state index in [1.807, 2.05) is 0 Å². The van der Waals surface area contributed by atoms with E-state index in [-0.39, 0.29) is 17.1 Å². The summed E-state index contributed by atoms with van der Waals surface area (Å²) in [6.07, 6.45) is 0. The van der Waals surface area contributed by atoms with E-state index in [4.69, 9.17) is 9.52 Å². The Morgan fingerprint density at radius 1 is 1.62 bits per heavy atom. The first kappa shape index (κ1) is 10.4. The van der Waals surface area contributed by atoms with Crippen LogP contribution in [0.15, 0.2) is 22.6 Å². The van der Waals surface area contributed by atoms with Gasteiger partial charge in [-0.05, 0) is 19.1 Å². The van der Waals surface area contributed by atoms with Crippen LogP contribution in [0.4, 0.5) is 10.4 Å². The van der Waals surface area contributed by atoms with Gasteiger partial charge < -0.3 is 14.8 Å². The number of carbonyl (C=O) groups is 1. The number of nitrogens with one attached hydrogen (secondary N) is 1. The van der Waals surface area contributed by atoms with Gasteiger partial charge in [-0.2, -0.15) is 4.98 Å². The van der Waals surface area contributed by atoms with Crippen molar-refractivity contribution in [1.29, 1.82) is 0 Å². The van der Waals surface area contributed by atoms with Crippen molar-refractivity contribution in [1.82, 2.24) is 4.98 Å². The topological polar surface area (TPSA) is 75.4 Å². The number of hydrogen-bond donors (Lipinski definition) is 2. The third-order valence-corrected chi connectivity index (χ3v) is 2.08. The van der Waals surface area contributed by atoms with Gasteiger partial charge in [0, 0.05) is 0 Å². The van der Waals surface area contributed by atoms with Gasteiger partial charge in [0.05, 0.1) is 0 Å². The molecular weight excluding hydrogens is 215 g/mol. The van der Waals surface area contributed by atoms with E-state index in [0.29, 0.717) is 0 Å². The van der Waals surface area contributed by atoms with Crippen LogP contribution in [0.1, 0.15) is 6.92 Å². The first-order valence-corrected chi connectivity index (χ1v) is 4.62. The number of halogens is 1. The minimum Gasteiger partial charge on any atom is -0.480 e. The van der Waals surface area contributed by atoms with Gasteiger partial charge in [0.2, 0.25) is 0 Å². The highest BCUT2D eigenvalue weighted by atomic mass is 19.1. The maximum atomic E-state index is 13.2. The first-order chi connectivity index (χ1) is 7.58. The largest absolute Gasteiger partial charge is 0.480 e. The third kappa shape index (κ3) is 1.81. The Bertz CT molecular complexity index is 538. The standard InChI is InChI=1S/C10H9FN2O3/c1-5(9(14)15)12-10-13-8-6(11)3-2-4-7(8)16-10/h2-5H,1H3,(H,12,13)(H,14,15). The summed E-state index contributed by atoms with van der Waals surface area (Å²) >= 11 is 0. The number of carboxylic acids is 1. The van der Waals surface area contributed by atoms with Crippen molar-refractivity contribution in [2.45, 2.75) is 13.0 Å². The zero-order valence-corrected chi connectivity index (χ0v) is 8.40. The molecule has 0 aliphatic rings. The number of benzene rings is 1. The molecule has 0 saturated heterocycles. The van der Waals surface area contributed by atoms with Crippen molar-refractivity contribution >= 4 is 23.1 Å². The zero-order chi connectivity index (χ0) is 11.7. The number of carboxylic acid groups (broad SMARTS) is 1. The molecule has 0 radical (unpaired) electrons. The lowest BCUT2D eigenvalue weighted by Crippen LogP contribution is -2.25. The molecule has 0 bridgehead atoms. The molecule has 1 aromatic carbocycles. The Hall–Kier alpha value is -2.11. The van der Waals surface area contributed by atoms with Crippen LogP contribution in [0.5, 0.6) is 0 Å². The molecule has 84 valence electrons. The van der Waals surface area contributed by atoms with Crippen LogP contribution in [-0.2, 0) is 4.79 Å². The van der Waals surface area contributed by atoms with Crippen molar-refractivity contribution in [3.63, 3.8) is 0 Å². The molecule has 2 rings (SSSR count). The number of hydrogen-bond acceptors (Lipinski definition) is 4. The van der Waals surface area contributed by atoms with Gasteiger partial charge in [0.25, 0.3) is 6.01 Å². The minimum atomic E-state index is -1.04. The fraction of sp³-hybridized carbons (Fsp3) is 0.200. The van der Waals surface area contributed by atoms with Crippen molar-refractivity contribution in [3.8, 4) is 0 Å². The van der Waals surface area contributed by atoms with E-state index < -0.39 is 17.8 Å². The van der Waals surface area contributed by atoms with Crippen molar-refractivity contribution in [2.24, 2.45) is 0 Å². The molecule has 1 atom stereocenters. The number of nitrogens with zero attached hydrogens (tertiary/aromatic N) is 1. The Morgan fingerprint density at radius 2 is 2.38 bits per heavy atom. The first-order valence-electron chi connectivity index (χ1n) is 4.62. The highest BCUT2D eigenvalue weighted by Crippen LogP contribution is 2.21. The lowest BCUT2D eigenvalue weighted by atomic mass is 10.3. The third-order valence-electron chi connectivity index (χ3n) is 2.08. The normalized spacial score (nSPS) is 12.6. The number of rotatable bonds is 3. The van der Waals surface area contributed by atoms with Crippen LogP contribution in [0.2, 0.25) is 0 Å². The Morgan fingerprint density at radius 3 is 3.00 bits per heavy atom. The molecule has 2 N–H and O–H groups in total. The van der Waals surface area contributed by atoms with Gasteiger partial charge in [-0.15, -0.1) is 0 Å². The van der Waals surface area contributed by atoms with E-state index >= 15 is 0 Å².